The lowest BCUT2D eigenvalue weighted by Crippen LogP contribution is -1.96. The molecule has 0 aliphatic heterocycles. The van der Waals surface area contributed by atoms with E-state index in [1.54, 1.807) is 0 Å². The summed E-state index contributed by atoms with van der Waals surface area (Å²) >= 11 is 6.47. The van der Waals surface area contributed by atoms with E-state index in [0.29, 0.717) is 5.02 Å². The number of aryl methyl sites for hydroxylation is 1. The number of nitrogens with one attached hydrogen (secondary N) is 1. The quantitative estimate of drug-likeness (QED) is 0.374. The van der Waals surface area contributed by atoms with Crippen molar-refractivity contribution in [1.82, 2.24) is 0 Å². The Balaban J connectivity index is 1.71. The molecule has 0 saturated carbocycles. The molecule has 132 valence electrons. The Morgan fingerprint density at radius 1 is 0.815 bits per heavy atom. The largest absolute Gasteiger partial charge is 0.355 e. The van der Waals surface area contributed by atoms with Crippen LogP contribution in [0.1, 0.15) is 11.1 Å². The van der Waals surface area contributed by atoms with Gasteiger partial charge in [-0.15, -0.1) is 0 Å². The smallest absolute Gasteiger partial charge is 0.0708 e. The van der Waals surface area contributed by atoms with Crippen molar-refractivity contribution in [2.24, 2.45) is 4.99 Å². The molecule has 0 aliphatic rings. The fraction of sp³-hybridized carbons (Fsp3) is 0.0417. The average Bonchev–Trinajstić information content (AvgIpc) is 2.69. The van der Waals surface area contributed by atoms with Crippen molar-refractivity contribution < 1.29 is 0 Å². The first-order valence-corrected chi connectivity index (χ1v) is 9.22. The SMILES string of the molecule is Cc1ccc(Nc2cccc(Cl)c2C=Nc2cccc3ccccc23)cc1. The summed E-state index contributed by atoms with van der Waals surface area (Å²) in [5.41, 5.74) is 4.96. The summed E-state index contributed by atoms with van der Waals surface area (Å²) in [5, 5.41) is 6.39. The van der Waals surface area contributed by atoms with Crippen LogP contribution in [0.25, 0.3) is 10.8 Å². The maximum atomic E-state index is 6.47. The van der Waals surface area contributed by atoms with E-state index in [4.69, 9.17) is 16.6 Å². The van der Waals surface area contributed by atoms with Gasteiger partial charge in [-0.1, -0.05) is 71.8 Å². The van der Waals surface area contributed by atoms with Gasteiger partial charge in [-0.3, -0.25) is 4.99 Å². The Morgan fingerprint density at radius 2 is 1.56 bits per heavy atom. The first-order valence-electron chi connectivity index (χ1n) is 8.85. The highest BCUT2D eigenvalue weighted by Crippen LogP contribution is 2.29. The van der Waals surface area contributed by atoms with E-state index in [0.717, 1.165) is 28.0 Å². The van der Waals surface area contributed by atoms with Gasteiger partial charge in [0.25, 0.3) is 0 Å². The Labute approximate surface area is 164 Å². The van der Waals surface area contributed by atoms with Crippen molar-refractivity contribution in [3.8, 4) is 0 Å². The van der Waals surface area contributed by atoms with Gasteiger partial charge < -0.3 is 5.32 Å². The number of nitrogens with zero attached hydrogens (tertiary/aromatic N) is 1. The topological polar surface area (TPSA) is 24.4 Å². The van der Waals surface area contributed by atoms with Crippen LogP contribution in [-0.4, -0.2) is 6.21 Å². The zero-order chi connectivity index (χ0) is 18.6. The summed E-state index contributed by atoms with van der Waals surface area (Å²) in [7, 11) is 0. The van der Waals surface area contributed by atoms with Gasteiger partial charge in [-0.25, -0.2) is 0 Å². The van der Waals surface area contributed by atoms with Gasteiger partial charge in [-0.2, -0.15) is 0 Å². The van der Waals surface area contributed by atoms with Gasteiger partial charge in [0.15, 0.2) is 0 Å². The third kappa shape index (κ3) is 3.86. The normalized spacial score (nSPS) is 11.2. The number of fused-ring (bicyclic) bond motifs is 1. The molecular weight excluding hydrogens is 352 g/mol. The second kappa shape index (κ2) is 7.65. The first kappa shape index (κ1) is 17.3. The summed E-state index contributed by atoms with van der Waals surface area (Å²) in [6.07, 6.45) is 1.83. The molecule has 0 heterocycles. The fourth-order valence-corrected chi connectivity index (χ4v) is 3.25. The van der Waals surface area contributed by atoms with Gasteiger partial charge in [0.1, 0.15) is 0 Å². The number of halogens is 1. The van der Waals surface area contributed by atoms with Gasteiger partial charge in [0.2, 0.25) is 0 Å². The minimum absolute atomic E-state index is 0.663. The molecule has 0 unspecified atom stereocenters. The lowest BCUT2D eigenvalue weighted by Gasteiger charge is -2.11. The molecule has 1 N–H and O–H groups in total. The first-order chi connectivity index (χ1) is 13.2. The van der Waals surface area contributed by atoms with Crippen LogP contribution in [-0.2, 0) is 0 Å². The van der Waals surface area contributed by atoms with Crippen molar-refractivity contribution in [3.05, 3.63) is 101 Å². The van der Waals surface area contributed by atoms with Crippen LogP contribution >= 0.6 is 11.6 Å². The average molecular weight is 371 g/mol. The Hall–Kier alpha value is -3.10. The van der Waals surface area contributed by atoms with Gasteiger partial charge >= 0.3 is 0 Å². The highest BCUT2D eigenvalue weighted by molar-refractivity contribution is 6.33. The number of benzene rings is 4. The van der Waals surface area contributed by atoms with E-state index in [-0.39, 0.29) is 0 Å². The standard InChI is InChI=1S/C24H19ClN2/c1-17-12-14-19(15-13-17)27-24-11-5-9-22(25)21(24)16-26-23-10-4-7-18-6-2-3-8-20(18)23/h2-16,27H,1H3. The molecule has 0 radical (unpaired) electrons. The molecule has 0 spiro atoms. The second-order valence-electron chi connectivity index (χ2n) is 6.45. The molecule has 0 saturated heterocycles. The van der Waals surface area contributed by atoms with E-state index in [9.17, 15) is 0 Å². The summed E-state index contributed by atoms with van der Waals surface area (Å²) < 4.78 is 0. The van der Waals surface area contributed by atoms with Crippen molar-refractivity contribution >= 4 is 45.7 Å². The molecule has 0 atom stereocenters. The fourth-order valence-electron chi connectivity index (χ4n) is 3.02. The summed E-state index contributed by atoms with van der Waals surface area (Å²) in [6, 6.07) is 28.5. The van der Waals surface area contributed by atoms with E-state index in [2.05, 4.69) is 54.7 Å². The van der Waals surface area contributed by atoms with Gasteiger partial charge in [-0.05, 0) is 42.6 Å². The zero-order valence-electron chi connectivity index (χ0n) is 15.0. The number of rotatable bonds is 4. The molecule has 3 heteroatoms. The Morgan fingerprint density at radius 3 is 2.41 bits per heavy atom. The van der Waals surface area contributed by atoms with Crippen molar-refractivity contribution in [2.45, 2.75) is 6.92 Å². The molecule has 0 aromatic heterocycles. The molecule has 0 aliphatic carbocycles. The van der Waals surface area contributed by atoms with Crippen molar-refractivity contribution in [2.75, 3.05) is 5.32 Å². The number of aliphatic imine (C=N–C) groups is 1. The molecular formula is C24H19ClN2. The number of hydrogen-bond donors (Lipinski definition) is 1. The monoisotopic (exact) mass is 370 g/mol. The third-order valence-electron chi connectivity index (χ3n) is 4.48. The summed E-state index contributed by atoms with van der Waals surface area (Å²) in [6.45, 7) is 2.07. The van der Waals surface area contributed by atoms with Crippen LogP contribution in [0.2, 0.25) is 5.02 Å². The van der Waals surface area contributed by atoms with Crippen molar-refractivity contribution in [1.29, 1.82) is 0 Å². The molecule has 4 aromatic carbocycles. The highest BCUT2D eigenvalue weighted by atomic mass is 35.5. The van der Waals surface area contributed by atoms with Crippen LogP contribution in [0, 0.1) is 6.92 Å². The minimum atomic E-state index is 0.663. The minimum Gasteiger partial charge on any atom is -0.355 e. The molecule has 27 heavy (non-hydrogen) atoms. The van der Waals surface area contributed by atoms with E-state index >= 15 is 0 Å². The van der Waals surface area contributed by atoms with E-state index in [1.165, 1.54) is 10.9 Å². The molecule has 0 fully saturated rings. The summed E-state index contributed by atoms with van der Waals surface area (Å²) in [5.74, 6) is 0. The van der Waals surface area contributed by atoms with E-state index in [1.807, 2.05) is 48.7 Å². The van der Waals surface area contributed by atoms with Crippen LogP contribution in [0.15, 0.2) is 89.9 Å². The summed E-state index contributed by atoms with van der Waals surface area (Å²) in [4.78, 5) is 4.73. The Bertz CT molecular complexity index is 1110. The van der Waals surface area contributed by atoms with E-state index < -0.39 is 0 Å². The molecule has 4 rings (SSSR count). The van der Waals surface area contributed by atoms with Crippen LogP contribution in [0.4, 0.5) is 17.1 Å². The zero-order valence-corrected chi connectivity index (χ0v) is 15.7. The lowest BCUT2D eigenvalue weighted by molar-refractivity contribution is 1.45. The van der Waals surface area contributed by atoms with Gasteiger partial charge in [0, 0.05) is 28.5 Å². The Kier molecular flexibility index (Phi) is 4.91. The van der Waals surface area contributed by atoms with Crippen LogP contribution in [0.3, 0.4) is 0 Å². The van der Waals surface area contributed by atoms with Crippen LogP contribution in [0.5, 0.6) is 0 Å². The second-order valence-corrected chi connectivity index (χ2v) is 6.86. The predicted octanol–water partition coefficient (Wildman–Crippen LogP) is 7.30. The number of anilines is 2. The molecule has 0 amide bonds. The molecule has 4 aromatic rings. The third-order valence-corrected chi connectivity index (χ3v) is 4.81. The lowest BCUT2D eigenvalue weighted by atomic mass is 10.1. The maximum absolute atomic E-state index is 6.47. The maximum Gasteiger partial charge on any atom is 0.0708 e. The molecule has 2 nitrogen and oxygen atoms in total. The van der Waals surface area contributed by atoms with Gasteiger partial charge in [0.05, 0.1) is 10.7 Å². The predicted molar refractivity (Wildman–Crippen MR) is 117 cm³/mol. The highest BCUT2D eigenvalue weighted by Gasteiger charge is 2.06. The van der Waals surface area contributed by atoms with Crippen LogP contribution < -0.4 is 5.32 Å². The number of hydrogen-bond acceptors (Lipinski definition) is 2. The van der Waals surface area contributed by atoms with Crippen molar-refractivity contribution in [3.63, 3.8) is 0 Å². The molecule has 0 bridgehead atoms.